The van der Waals surface area contributed by atoms with Crippen molar-refractivity contribution in [2.24, 2.45) is 5.73 Å². The Kier molecular flexibility index (Phi) is 3.92. The summed E-state index contributed by atoms with van der Waals surface area (Å²) in [5.74, 6) is 0. The first-order chi connectivity index (χ1) is 8.19. The highest BCUT2D eigenvalue weighted by molar-refractivity contribution is 6.30. The Labute approximate surface area is 107 Å². The smallest absolute Gasteiger partial charge is 0.0896 e. The highest BCUT2D eigenvalue weighted by Crippen LogP contribution is 2.20. The Hall–Kier alpha value is -1.19. The molecule has 0 aromatic heterocycles. The number of hydrogen-bond donors (Lipinski definition) is 1. The van der Waals surface area contributed by atoms with E-state index < -0.39 is 0 Å². The number of rotatable bonds is 4. The van der Waals surface area contributed by atoms with Gasteiger partial charge in [0.1, 0.15) is 0 Å². The molecule has 0 spiro atoms. The molecular formula is C13H18ClN3. The standard InChI is InChI=1S/C13H18ClN3/c1-16-9-13(6-7-15)17(10-16)8-11-2-4-12(14)5-3-11/h2-5,9H,6-8,10,15H2,1H3. The minimum Gasteiger partial charge on any atom is -0.361 e. The van der Waals surface area contributed by atoms with Crippen LogP contribution in [0, 0.1) is 0 Å². The van der Waals surface area contributed by atoms with Gasteiger partial charge in [0.25, 0.3) is 0 Å². The lowest BCUT2D eigenvalue weighted by Gasteiger charge is -2.22. The van der Waals surface area contributed by atoms with Crippen LogP contribution < -0.4 is 5.73 Å². The molecule has 1 aliphatic heterocycles. The predicted molar refractivity (Wildman–Crippen MR) is 71.4 cm³/mol. The third-order valence-corrected chi connectivity index (χ3v) is 3.11. The SMILES string of the molecule is CN1C=C(CCN)N(Cc2ccc(Cl)cc2)C1. The summed E-state index contributed by atoms with van der Waals surface area (Å²) >= 11 is 5.88. The molecule has 2 rings (SSSR count). The number of nitrogens with two attached hydrogens (primary N) is 1. The summed E-state index contributed by atoms with van der Waals surface area (Å²) in [5.41, 5.74) is 8.21. The molecule has 3 nitrogen and oxygen atoms in total. The third-order valence-electron chi connectivity index (χ3n) is 2.86. The van der Waals surface area contributed by atoms with E-state index in [1.54, 1.807) is 0 Å². The van der Waals surface area contributed by atoms with E-state index in [4.69, 9.17) is 17.3 Å². The minimum atomic E-state index is 0.691. The van der Waals surface area contributed by atoms with Gasteiger partial charge < -0.3 is 15.5 Å². The lowest BCUT2D eigenvalue weighted by molar-refractivity contribution is 0.271. The first-order valence-corrected chi connectivity index (χ1v) is 6.17. The lowest BCUT2D eigenvalue weighted by atomic mass is 10.2. The monoisotopic (exact) mass is 251 g/mol. The molecule has 2 N–H and O–H groups in total. The summed E-state index contributed by atoms with van der Waals surface area (Å²) in [6.45, 7) is 2.53. The predicted octanol–water partition coefficient (Wildman–Crippen LogP) is 2.24. The molecule has 0 saturated carbocycles. The number of halogens is 1. The number of nitrogens with zero attached hydrogens (tertiary/aromatic N) is 2. The first-order valence-electron chi connectivity index (χ1n) is 5.79. The van der Waals surface area contributed by atoms with Gasteiger partial charge in [0, 0.05) is 36.9 Å². The van der Waals surface area contributed by atoms with E-state index in [0.717, 1.165) is 24.7 Å². The van der Waals surface area contributed by atoms with Crippen molar-refractivity contribution >= 4 is 11.6 Å². The second-order valence-corrected chi connectivity index (χ2v) is 4.82. The summed E-state index contributed by atoms with van der Waals surface area (Å²) in [7, 11) is 2.08. The van der Waals surface area contributed by atoms with E-state index in [1.165, 1.54) is 11.3 Å². The van der Waals surface area contributed by atoms with Crippen molar-refractivity contribution in [1.82, 2.24) is 9.80 Å². The molecule has 1 aromatic rings. The highest BCUT2D eigenvalue weighted by Gasteiger charge is 2.17. The van der Waals surface area contributed by atoms with Gasteiger partial charge in [0.05, 0.1) is 6.67 Å². The maximum atomic E-state index is 5.88. The maximum absolute atomic E-state index is 5.88. The van der Waals surface area contributed by atoms with Crippen LogP contribution in [0.1, 0.15) is 12.0 Å². The van der Waals surface area contributed by atoms with Gasteiger partial charge in [0.2, 0.25) is 0 Å². The van der Waals surface area contributed by atoms with Gasteiger partial charge in [-0.1, -0.05) is 23.7 Å². The van der Waals surface area contributed by atoms with E-state index in [9.17, 15) is 0 Å². The van der Waals surface area contributed by atoms with Crippen LogP contribution in [0.4, 0.5) is 0 Å². The Balaban J connectivity index is 2.03. The van der Waals surface area contributed by atoms with Crippen molar-refractivity contribution in [3.63, 3.8) is 0 Å². The van der Waals surface area contributed by atoms with Gasteiger partial charge in [0.15, 0.2) is 0 Å². The lowest BCUT2D eigenvalue weighted by Crippen LogP contribution is -2.25. The first kappa shape index (κ1) is 12.3. The van der Waals surface area contributed by atoms with E-state index in [1.807, 2.05) is 12.1 Å². The average Bonchev–Trinajstić information content (AvgIpc) is 2.63. The average molecular weight is 252 g/mol. The number of hydrogen-bond acceptors (Lipinski definition) is 3. The summed E-state index contributed by atoms with van der Waals surface area (Å²) in [5, 5.41) is 0.782. The molecule has 0 unspecified atom stereocenters. The largest absolute Gasteiger partial charge is 0.361 e. The normalized spacial score (nSPS) is 15.4. The van der Waals surface area contributed by atoms with Gasteiger partial charge in [-0.15, -0.1) is 0 Å². The van der Waals surface area contributed by atoms with Gasteiger partial charge in [-0.2, -0.15) is 0 Å². The van der Waals surface area contributed by atoms with Crippen molar-refractivity contribution < 1.29 is 0 Å². The van der Waals surface area contributed by atoms with E-state index in [0.29, 0.717) is 6.54 Å². The molecule has 0 bridgehead atoms. The second-order valence-electron chi connectivity index (χ2n) is 4.38. The van der Waals surface area contributed by atoms with Crippen molar-refractivity contribution in [3.8, 4) is 0 Å². The van der Waals surface area contributed by atoms with Crippen molar-refractivity contribution in [3.05, 3.63) is 46.7 Å². The van der Waals surface area contributed by atoms with Crippen LogP contribution in [0.2, 0.25) is 5.02 Å². The van der Waals surface area contributed by atoms with Crippen molar-refractivity contribution in [2.45, 2.75) is 13.0 Å². The molecule has 4 heteroatoms. The molecule has 92 valence electrons. The van der Waals surface area contributed by atoms with Gasteiger partial charge in [-0.25, -0.2) is 0 Å². The fraction of sp³-hybridized carbons (Fsp3) is 0.385. The molecule has 0 amide bonds. The third kappa shape index (κ3) is 3.14. The molecule has 1 aromatic carbocycles. The van der Waals surface area contributed by atoms with Crippen LogP contribution in [0.5, 0.6) is 0 Å². The molecule has 0 atom stereocenters. The minimum absolute atomic E-state index is 0.691. The molecule has 0 radical (unpaired) electrons. The molecule has 0 fully saturated rings. The Morgan fingerprint density at radius 1 is 1.29 bits per heavy atom. The topological polar surface area (TPSA) is 32.5 Å². The molecule has 17 heavy (non-hydrogen) atoms. The van der Waals surface area contributed by atoms with Crippen LogP contribution in [0.15, 0.2) is 36.2 Å². The highest BCUT2D eigenvalue weighted by atomic mass is 35.5. The van der Waals surface area contributed by atoms with Crippen LogP contribution in [0.3, 0.4) is 0 Å². The summed E-state index contributed by atoms with van der Waals surface area (Å²) in [6.07, 6.45) is 3.10. The maximum Gasteiger partial charge on any atom is 0.0896 e. The Morgan fingerprint density at radius 3 is 2.65 bits per heavy atom. The zero-order valence-electron chi connectivity index (χ0n) is 10.1. The fourth-order valence-corrected chi connectivity index (χ4v) is 2.20. The van der Waals surface area contributed by atoms with Crippen LogP contribution >= 0.6 is 11.6 Å². The molecule has 1 heterocycles. The molecule has 0 aliphatic carbocycles. The Bertz CT molecular complexity index is 400. The van der Waals surface area contributed by atoms with Crippen LogP contribution in [-0.4, -0.2) is 30.1 Å². The van der Waals surface area contributed by atoms with E-state index >= 15 is 0 Å². The second kappa shape index (κ2) is 5.43. The zero-order valence-corrected chi connectivity index (χ0v) is 10.8. The molecular weight excluding hydrogens is 234 g/mol. The van der Waals surface area contributed by atoms with Gasteiger partial charge >= 0.3 is 0 Å². The Morgan fingerprint density at radius 2 is 2.00 bits per heavy atom. The molecule has 1 aliphatic rings. The quantitative estimate of drug-likeness (QED) is 0.891. The van der Waals surface area contributed by atoms with E-state index in [2.05, 4.69) is 35.2 Å². The van der Waals surface area contributed by atoms with Crippen LogP contribution in [0.25, 0.3) is 0 Å². The summed E-state index contributed by atoms with van der Waals surface area (Å²) in [4.78, 5) is 4.52. The number of benzene rings is 1. The fourth-order valence-electron chi connectivity index (χ4n) is 2.07. The van der Waals surface area contributed by atoms with Crippen molar-refractivity contribution in [2.75, 3.05) is 20.3 Å². The zero-order chi connectivity index (χ0) is 12.3. The summed E-state index contributed by atoms with van der Waals surface area (Å²) < 4.78 is 0. The summed E-state index contributed by atoms with van der Waals surface area (Å²) in [6, 6.07) is 8.01. The van der Waals surface area contributed by atoms with Gasteiger partial charge in [-0.05, 0) is 24.2 Å². The van der Waals surface area contributed by atoms with Gasteiger partial charge in [-0.3, -0.25) is 0 Å². The van der Waals surface area contributed by atoms with E-state index in [-0.39, 0.29) is 0 Å². The molecule has 0 saturated heterocycles. The van der Waals surface area contributed by atoms with Crippen molar-refractivity contribution in [1.29, 1.82) is 0 Å². The van der Waals surface area contributed by atoms with Crippen LogP contribution in [-0.2, 0) is 6.54 Å².